The molecule has 0 saturated carbocycles. The fraction of sp³-hybridized carbons (Fsp3) is 0.395. The summed E-state index contributed by atoms with van der Waals surface area (Å²) in [6.07, 6.45) is 3.07. The topological polar surface area (TPSA) is 142 Å². The number of ether oxygens (including phenoxy) is 1. The molecule has 0 spiro atoms. The number of hydrogen-bond donors (Lipinski definition) is 3. The van der Waals surface area contributed by atoms with Gasteiger partial charge in [0, 0.05) is 44.2 Å². The van der Waals surface area contributed by atoms with E-state index in [4.69, 9.17) is 42.9 Å². The first kappa shape index (κ1) is 38.0. The molecule has 1 aliphatic carbocycles. The number of carboxylic acid groups (broad SMARTS) is 1. The molecule has 2 amide bonds. The molecule has 2 atom stereocenters. The Kier molecular flexibility index (Phi) is 11.9. The van der Waals surface area contributed by atoms with Crippen LogP contribution in [0.1, 0.15) is 62.6 Å². The number of hydrogen-bond acceptors (Lipinski definition) is 8. The molecular weight excluding hydrogens is 717 g/mol. The molecule has 15 heteroatoms. The van der Waals surface area contributed by atoms with Crippen LogP contribution in [-0.2, 0) is 16.8 Å². The third-order valence-electron chi connectivity index (χ3n) is 9.59. The Labute approximate surface area is 318 Å². The van der Waals surface area contributed by atoms with Crippen molar-refractivity contribution in [1.29, 1.82) is 0 Å². The average Bonchev–Trinajstić information content (AvgIpc) is 3.73. The predicted octanol–water partition coefficient (Wildman–Crippen LogP) is 6.92. The predicted molar refractivity (Wildman–Crippen MR) is 206 cm³/mol. The maximum Gasteiger partial charge on any atom is 0.320 e. The highest BCUT2D eigenvalue weighted by Crippen LogP contribution is 2.40. The van der Waals surface area contributed by atoms with Gasteiger partial charge in [-0.3, -0.25) is 19.4 Å². The number of amides is 2. The zero-order chi connectivity index (χ0) is 37.7. The Hall–Kier alpha value is -4.69. The number of carbonyl (C=O) groups is 2. The highest BCUT2D eigenvalue weighted by atomic mass is 35.5. The second-order valence-corrected chi connectivity index (χ2v) is 15.1. The number of aromatic nitrogens is 5. The van der Waals surface area contributed by atoms with Crippen molar-refractivity contribution in [3.05, 3.63) is 93.7 Å². The second kappa shape index (κ2) is 16.5. The Morgan fingerprint density at radius 3 is 2.36 bits per heavy atom. The van der Waals surface area contributed by atoms with E-state index in [2.05, 4.69) is 70.6 Å². The molecule has 0 unspecified atom stereocenters. The smallest absolute Gasteiger partial charge is 0.320 e. The van der Waals surface area contributed by atoms with Gasteiger partial charge in [-0.2, -0.15) is 5.10 Å². The van der Waals surface area contributed by atoms with Crippen LogP contribution in [-0.4, -0.2) is 91.6 Å². The van der Waals surface area contributed by atoms with Crippen molar-refractivity contribution >= 4 is 47.2 Å². The van der Waals surface area contributed by atoms with Gasteiger partial charge >= 0.3 is 6.03 Å². The molecule has 0 bridgehead atoms. The summed E-state index contributed by atoms with van der Waals surface area (Å²) in [5, 5.41) is 27.8. The first-order valence-corrected chi connectivity index (χ1v) is 18.4. The summed E-state index contributed by atoms with van der Waals surface area (Å²) in [5.74, 6) is 1.90. The fourth-order valence-electron chi connectivity index (χ4n) is 6.68. The number of nitrogens with zero attached hydrogens (tertiary/aromatic N) is 7. The minimum absolute atomic E-state index is 0.147. The summed E-state index contributed by atoms with van der Waals surface area (Å²) in [6, 6.07) is 18.8. The van der Waals surface area contributed by atoms with Crippen LogP contribution in [0.5, 0.6) is 5.75 Å². The SMILES string of the molecule is CN1CCN(CCn2nc(C(C)(C)C)cc2NC(=O)N[C@H]2CC[C@@H](Oc3ccc4nnc(-c5c(Cl)cccc5Cl)n4c3)c3ccccc32)CC1.O=CO. The second-order valence-electron chi connectivity index (χ2n) is 14.3. The molecule has 0 radical (unpaired) electrons. The molecular formula is C38H45Cl2N9O4. The molecule has 4 heterocycles. The normalized spacial score (nSPS) is 17.8. The summed E-state index contributed by atoms with van der Waals surface area (Å²) in [7, 11) is 2.16. The molecule has 1 aliphatic heterocycles. The number of nitrogens with one attached hydrogen (secondary N) is 2. The summed E-state index contributed by atoms with van der Waals surface area (Å²) in [6.45, 7) is 11.9. The number of anilines is 1. The summed E-state index contributed by atoms with van der Waals surface area (Å²) < 4.78 is 10.4. The van der Waals surface area contributed by atoms with Crippen LogP contribution in [0.2, 0.25) is 10.0 Å². The van der Waals surface area contributed by atoms with Crippen molar-refractivity contribution in [2.75, 3.05) is 45.1 Å². The van der Waals surface area contributed by atoms with E-state index in [1.807, 2.05) is 45.6 Å². The number of urea groups is 1. The Morgan fingerprint density at radius 2 is 1.66 bits per heavy atom. The zero-order valence-electron chi connectivity index (χ0n) is 30.3. The van der Waals surface area contributed by atoms with E-state index in [1.54, 1.807) is 18.2 Å². The molecule has 7 rings (SSSR count). The molecule has 1 fully saturated rings. The molecule has 5 aromatic rings. The van der Waals surface area contributed by atoms with Gasteiger partial charge in [0.2, 0.25) is 0 Å². The van der Waals surface area contributed by atoms with E-state index in [1.165, 1.54) is 0 Å². The monoisotopic (exact) mass is 761 g/mol. The van der Waals surface area contributed by atoms with Crippen LogP contribution in [0.25, 0.3) is 17.0 Å². The third kappa shape index (κ3) is 8.93. The summed E-state index contributed by atoms with van der Waals surface area (Å²) in [5.41, 5.74) is 4.13. The Bertz CT molecular complexity index is 2030. The highest BCUT2D eigenvalue weighted by Gasteiger charge is 2.30. The standard InChI is InChI=1S/C37H43Cl2N9O2.CH2O2/c1-37(2,3)31-22-33(48(44-31)21-20-46-18-16-45(4)17-19-46)41-36(49)40-29-13-14-30(26-9-6-5-8-25(26)29)50-24-12-15-32-42-43-35(47(32)23-24)34-27(38)10-7-11-28(34)39;2-1-3/h5-12,15,22-23,29-30H,13-14,16-21H2,1-4H3,(H2,40,41,49);1H,(H,2,3)/t29-,30+;/m0./s1. The van der Waals surface area contributed by atoms with Crippen LogP contribution >= 0.6 is 23.2 Å². The van der Waals surface area contributed by atoms with Gasteiger partial charge in [0.05, 0.1) is 40.1 Å². The number of benzene rings is 2. The summed E-state index contributed by atoms with van der Waals surface area (Å²) in [4.78, 5) is 26.7. The molecule has 280 valence electrons. The van der Waals surface area contributed by atoms with Gasteiger partial charge < -0.3 is 20.1 Å². The number of halogens is 2. The van der Waals surface area contributed by atoms with Crippen LogP contribution < -0.4 is 15.4 Å². The van der Waals surface area contributed by atoms with E-state index in [-0.39, 0.29) is 30.1 Å². The Balaban J connectivity index is 0.00000155. The summed E-state index contributed by atoms with van der Waals surface area (Å²) >= 11 is 13.0. The molecule has 1 saturated heterocycles. The number of carbonyl (C=O) groups excluding carboxylic acids is 1. The van der Waals surface area contributed by atoms with Gasteiger partial charge in [-0.25, -0.2) is 9.48 Å². The van der Waals surface area contributed by atoms with Crippen LogP contribution in [0.15, 0.2) is 66.9 Å². The van der Waals surface area contributed by atoms with Gasteiger partial charge in [-0.05, 0) is 55.3 Å². The molecule has 13 nitrogen and oxygen atoms in total. The number of piperazine rings is 1. The molecule has 2 aliphatic rings. The van der Waals surface area contributed by atoms with E-state index in [9.17, 15) is 4.79 Å². The first-order valence-electron chi connectivity index (χ1n) is 17.6. The third-order valence-corrected chi connectivity index (χ3v) is 10.2. The van der Waals surface area contributed by atoms with Gasteiger partial charge in [0.1, 0.15) is 17.7 Å². The minimum atomic E-state index is -0.255. The van der Waals surface area contributed by atoms with E-state index in [0.717, 1.165) is 49.5 Å². The van der Waals surface area contributed by atoms with Crippen LogP contribution in [0, 0.1) is 0 Å². The lowest BCUT2D eigenvalue weighted by Crippen LogP contribution is -2.45. The van der Waals surface area contributed by atoms with Crippen molar-refractivity contribution in [2.24, 2.45) is 0 Å². The van der Waals surface area contributed by atoms with Gasteiger partial charge in [-0.1, -0.05) is 74.3 Å². The van der Waals surface area contributed by atoms with Crippen molar-refractivity contribution < 1.29 is 19.4 Å². The molecule has 3 N–H and O–H groups in total. The van der Waals surface area contributed by atoms with E-state index in [0.29, 0.717) is 58.0 Å². The number of pyridine rings is 1. The largest absolute Gasteiger partial charge is 0.484 e. The maximum atomic E-state index is 13.6. The lowest BCUT2D eigenvalue weighted by molar-refractivity contribution is -0.122. The molecule has 53 heavy (non-hydrogen) atoms. The number of fused-ring (bicyclic) bond motifs is 2. The molecule has 2 aromatic carbocycles. The fourth-order valence-corrected chi connectivity index (χ4v) is 7.25. The highest BCUT2D eigenvalue weighted by molar-refractivity contribution is 6.39. The van der Waals surface area contributed by atoms with Gasteiger partial charge in [0.25, 0.3) is 6.47 Å². The zero-order valence-corrected chi connectivity index (χ0v) is 31.8. The first-order chi connectivity index (χ1) is 25.4. The molecule has 3 aromatic heterocycles. The quantitative estimate of drug-likeness (QED) is 0.144. The van der Waals surface area contributed by atoms with Crippen molar-refractivity contribution in [2.45, 2.75) is 57.7 Å². The van der Waals surface area contributed by atoms with Crippen molar-refractivity contribution in [1.82, 2.24) is 39.5 Å². The van der Waals surface area contributed by atoms with Crippen molar-refractivity contribution in [3.63, 3.8) is 0 Å². The van der Waals surface area contributed by atoms with Gasteiger partial charge in [0.15, 0.2) is 11.5 Å². The van der Waals surface area contributed by atoms with Gasteiger partial charge in [-0.15, -0.1) is 10.2 Å². The number of likely N-dealkylation sites (N-methyl/N-ethyl adjacent to an activating group) is 1. The van der Waals surface area contributed by atoms with Crippen LogP contribution in [0.4, 0.5) is 10.6 Å². The average molecular weight is 763 g/mol. The number of rotatable bonds is 8. The Morgan fingerprint density at radius 1 is 0.962 bits per heavy atom. The minimum Gasteiger partial charge on any atom is -0.484 e. The van der Waals surface area contributed by atoms with Crippen LogP contribution in [0.3, 0.4) is 0 Å². The van der Waals surface area contributed by atoms with E-state index < -0.39 is 0 Å². The van der Waals surface area contributed by atoms with E-state index >= 15 is 0 Å². The van der Waals surface area contributed by atoms with Crippen molar-refractivity contribution in [3.8, 4) is 17.1 Å². The maximum absolute atomic E-state index is 13.6. The lowest BCUT2D eigenvalue weighted by atomic mass is 9.85. The lowest BCUT2D eigenvalue weighted by Gasteiger charge is -2.32.